The maximum absolute atomic E-state index is 12.8. The maximum Gasteiger partial charge on any atom is 0.241 e. The minimum atomic E-state index is -3.64. The number of aryl methyl sites for hydroxylation is 2. The van der Waals surface area contributed by atoms with E-state index in [4.69, 9.17) is 4.42 Å². The summed E-state index contributed by atoms with van der Waals surface area (Å²) < 4.78 is 34.8. The number of nitrogens with one attached hydrogen (secondary N) is 1. The fraction of sp³-hybridized carbons (Fsp3) is 0.200. The molecular weight excluding hydrogens is 414 g/mol. The highest BCUT2D eigenvalue weighted by Crippen LogP contribution is 2.25. The second-order valence-corrected chi connectivity index (χ2v) is 8.70. The van der Waals surface area contributed by atoms with Gasteiger partial charge in [-0.1, -0.05) is 51.8 Å². The van der Waals surface area contributed by atoms with E-state index in [9.17, 15) is 8.42 Å². The molecule has 0 saturated carbocycles. The van der Waals surface area contributed by atoms with Crippen molar-refractivity contribution in [2.24, 2.45) is 0 Å². The molecule has 2 aromatic carbocycles. The molecule has 1 atom stereocenters. The zero-order chi connectivity index (χ0) is 18.6. The molecule has 0 aliphatic rings. The number of furan rings is 1. The van der Waals surface area contributed by atoms with Gasteiger partial charge in [0.15, 0.2) is 0 Å². The highest BCUT2D eigenvalue weighted by Gasteiger charge is 2.23. The van der Waals surface area contributed by atoms with E-state index in [2.05, 4.69) is 20.7 Å². The van der Waals surface area contributed by atoms with Crippen molar-refractivity contribution in [1.82, 2.24) is 4.72 Å². The van der Waals surface area contributed by atoms with Crippen molar-refractivity contribution in [3.63, 3.8) is 0 Å². The van der Waals surface area contributed by atoms with Crippen LogP contribution in [0.15, 0.2) is 80.7 Å². The molecule has 0 amide bonds. The predicted octanol–water partition coefficient (Wildman–Crippen LogP) is 5.00. The molecule has 0 spiro atoms. The summed E-state index contributed by atoms with van der Waals surface area (Å²) in [6.45, 7) is 1.92. The lowest BCUT2D eigenvalue weighted by atomic mass is 10.0. The molecule has 1 unspecified atom stereocenters. The van der Waals surface area contributed by atoms with Crippen LogP contribution in [0.4, 0.5) is 0 Å². The van der Waals surface area contributed by atoms with Crippen molar-refractivity contribution in [3.05, 3.63) is 88.3 Å². The Morgan fingerprint density at radius 3 is 2.42 bits per heavy atom. The molecule has 0 saturated heterocycles. The van der Waals surface area contributed by atoms with E-state index in [0.717, 1.165) is 15.6 Å². The molecule has 0 bridgehead atoms. The molecule has 136 valence electrons. The summed E-state index contributed by atoms with van der Waals surface area (Å²) in [5.41, 5.74) is 2.14. The smallest absolute Gasteiger partial charge is 0.241 e. The number of benzene rings is 2. The molecule has 4 nitrogen and oxygen atoms in total. The first-order valence-electron chi connectivity index (χ1n) is 8.31. The van der Waals surface area contributed by atoms with Crippen LogP contribution in [0.2, 0.25) is 0 Å². The highest BCUT2D eigenvalue weighted by atomic mass is 79.9. The topological polar surface area (TPSA) is 59.3 Å². The number of hydrogen-bond acceptors (Lipinski definition) is 3. The summed E-state index contributed by atoms with van der Waals surface area (Å²) in [6, 6.07) is 17.9. The van der Waals surface area contributed by atoms with Crippen LogP contribution in [0.25, 0.3) is 0 Å². The second-order valence-electron chi connectivity index (χ2n) is 6.13. The molecule has 6 heteroatoms. The van der Waals surface area contributed by atoms with E-state index >= 15 is 0 Å². The van der Waals surface area contributed by atoms with Crippen molar-refractivity contribution >= 4 is 26.0 Å². The molecular formula is C20H20BrNO3S. The highest BCUT2D eigenvalue weighted by molar-refractivity contribution is 9.10. The Hall–Kier alpha value is -1.89. The lowest BCUT2D eigenvalue weighted by molar-refractivity contribution is 0.428. The van der Waals surface area contributed by atoms with Gasteiger partial charge in [0, 0.05) is 4.47 Å². The molecule has 1 N–H and O–H groups in total. The summed E-state index contributed by atoms with van der Waals surface area (Å²) >= 11 is 3.54. The molecule has 0 aliphatic carbocycles. The van der Waals surface area contributed by atoms with Gasteiger partial charge in [0.2, 0.25) is 10.0 Å². The lowest BCUT2D eigenvalue weighted by Crippen LogP contribution is -2.29. The Kier molecular flexibility index (Phi) is 5.96. The summed E-state index contributed by atoms with van der Waals surface area (Å²) in [4.78, 5) is 0.251. The Labute approximate surface area is 162 Å². The van der Waals surface area contributed by atoms with Crippen LogP contribution >= 0.6 is 15.9 Å². The maximum atomic E-state index is 12.8. The van der Waals surface area contributed by atoms with Gasteiger partial charge in [-0.25, -0.2) is 13.1 Å². The standard InChI is InChI=1S/C20H20BrNO3S/c1-15-8-11-17(12-9-15)26(23,24)22-19(20-7-4-14-25-20)13-10-16-5-2-3-6-18(16)21/h2-9,11-12,14,19,22H,10,13H2,1H3. The number of rotatable bonds is 7. The van der Waals surface area contributed by atoms with Crippen molar-refractivity contribution in [3.8, 4) is 0 Å². The largest absolute Gasteiger partial charge is 0.468 e. The Morgan fingerprint density at radius 2 is 1.77 bits per heavy atom. The fourth-order valence-corrected chi connectivity index (χ4v) is 4.44. The summed E-state index contributed by atoms with van der Waals surface area (Å²) in [5.74, 6) is 0.604. The van der Waals surface area contributed by atoms with Gasteiger partial charge in [-0.3, -0.25) is 0 Å². The van der Waals surface area contributed by atoms with Gasteiger partial charge in [-0.15, -0.1) is 0 Å². The lowest BCUT2D eigenvalue weighted by Gasteiger charge is -2.17. The predicted molar refractivity (Wildman–Crippen MR) is 105 cm³/mol. The minimum Gasteiger partial charge on any atom is -0.468 e. The van der Waals surface area contributed by atoms with Crippen molar-refractivity contribution in [2.75, 3.05) is 0 Å². The van der Waals surface area contributed by atoms with Crippen LogP contribution in [0.1, 0.15) is 29.3 Å². The van der Waals surface area contributed by atoms with Gasteiger partial charge in [-0.2, -0.15) is 0 Å². The summed E-state index contributed by atoms with van der Waals surface area (Å²) in [5, 5.41) is 0. The Morgan fingerprint density at radius 1 is 1.04 bits per heavy atom. The molecule has 3 rings (SSSR count). The van der Waals surface area contributed by atoms with Crippen LogP contribution < -0.4 is 4.72 Å². The average molecular weight is 434 g/mol. The van der Waals surface area contributed by atoms with E-state index < -0.39 is 16.1 Å². The van der Waals surface area contributed by atoms with Crippen LogP contribution in [-0.2, 0) is 16.4 Å². The Balaban J connectivity index is 1.81. The van der Waals surface area contributed by atoms with Crippen molar-refractivity contribution in [1.29, 1.82) is 0 Å². The molecule has 3 aromatic rings. The SMILES string of the molecule is Cc1ccc(S(=O)(=O)NC(CCc2ccccc2Br)c2ccco2)cc1. The summed E-state index contributed by atoms with van der Waals surface area (Å²) in [7, 11) is -3.64. The van der Waals surface area contributed by atoms with Crippen LogP contribution in [0.5, 0.6) is 0 Å². The second kappa shape index (κ2) is 8.20. The third-order valence-electron chi connectivity index (χ3n) is 4.18. The zero-order valence-corrected chi connectivity index (χ0v) is 16.8. The fourth-order valence-electron chi connectivity index (χ4n) is 2.72. The van der Waals surface area contributed by atoms with Crippen molar-refractivity contribution < 1.29 is 12.8 Å². The third-order valence-corrected chi connectivity index (χ3v) is 6.44. The molecule has 1 heterocycles. The normalized spacial score (nSPS) is 12.8. The number of hydrogen-bond donors (Lipinski definition) is 1. The van der Waals surface area contributed by atoms with E-state index in [1.807, 2.05) is 31.2 Å². The third kappa shape index (κ3) is 4.63. The van der Waals surface area contributed by atoms with E-state index in [1.54, 1.807) is 42.7 Å². The van der Waals surface area contributed by atoms with Gasteiger partial charge in [0.25, 0.3) is 0 Å². The molecule has 0 aliphatic heterocycles. The molecule has 1 aromatic heterocycles. The van der Waals surface area contributed by atoms with E-state index in [-0.39, 0.29) is 4.90 Å². The summed E-state index contributed by atoms with van der Waals surface area (Å²) in [6.07, 6.45) is 2.85. The van der Waals surface area contributed by atoms with Crippen LogP contribution in [0.3, 0.4) is 0 Å². The van der Waals surface area contributed by atoms with Crippen molar-refractivity contribution in [2.45, 2.75) is 30.7 Å². The minimum absolute atomic E-state index is 0.251. The van der Waals surface area contributed by atoms with E-state index in [0.29, 0.717) is 18.6 Å². The van der Waals surface area contributed by atoms with Gasteiger partial charge in [0.05, 0.1) is 17.2 Å². The zero-order valence-electron chi connectivity index (χ0n) is 14.4. The molecule has 0 radical (unpaired) electrons. The van der Waals surface area contributed by atoms with E-state index in [1.165, 1.54) is 0 Å². The van der Waals surface area contributed by atoms with Crippen LogP contribution in [-0.4, -0.2) is 8.42 Å². The van der Waals surface area contributed by atoms with Gasteiger partial charge in [0.1, 0.15) is 5.76 Å². The van der Waals surface area contributed by atoms with Gasteiger partial charge in [-0.05, 0) is 55.7 Å². The first-order chi connectivity index (χ1) is 12.5. The first kappa shape index (κ1) is 18.9. The van der Waals surface area contributed by atoms with Crippen LogP contribution in [0, 0.1) is 6.92 Å². The average Bonchev–Trinajstić information content (AvgIpc) is 3.15. The van der Waals surface area contributed by atoms with Gasteiger partial charge >= 0.3 is 0 Å². The molecule has 26 heavy (non-hydrogen) atoms. The number of halogens is 1. The quantitative estimate of drug-likeness (QED) is 0.569. The Bertz CT molecular complexity index is 951. The number of sulfonamides is 1. The van der Waals surface area contributed by atoms with Gasteiger partial charge < -0.3 is 4.42 Å². The monoisotopic (exact) mass is 433 g/mol. The first-order valence-corrected chi connectivity index (χ1v) is 10.6. The molecule has 0 fully saturated rings.